The highest BCUT2D eigenvalue weighted by Gasteiger charge is 2.27. The summed E-state index contributed by atoms with van der Waals surface area (Å²) in [7, 11) is 0. The number of thioether (sulfide) groups is 1. The molecule has 0 fully saturated rings. The number of nitrogens with one attached hydrogen (secondary N) is 1. The van der Waals surface area contributed by atoms with Crippen LogP contribution in [0.2, 0.25) is 0 Å². The SMILES string of the molecule is CCOC(=O)Cn1c(=NC(=O)CSCC(=O)Nc2sc3c(c2C(=O)OCC)CCCC3)sc2cc(C(=O)OCC)ccc21. The number of hydrogen-bond donors (Lipinski definition) is 1. The van der Waals surface area contributed by atoms with Crippen molar-refractivity contribution in [2.24, 2.45) is 4.99 Å². The molecule has 11 nitrogen and oxygen atoms in total. The van der Waals surface area contributed by atoms with Crippen LogP contribution in [0.3, 0.4) is 0 Å². The Balaban J connectivity index is 1.46. The predicted molar refractivity (Wildman–Crippen MR) is 166 cm³/mol. The molecule has 2 aromatic heterocycles. The minimum absolute atomic E-state index is 0.0236. The number of thiazole rings is 1. The molecule has 43 heavy (non-hydrogen) atoms. The van der Waals surface area contributed by atoms with Crippen LogP contribution in [-0.4, -0.2) is 65.6 Å². The number of aryl methyl sites for hydroxylation is 1. The van der Waals surface area contributed by atoms with Crippen LogP contribution in [0.15, 0.2) is 23.2 Å². The number of carbonyl (C=O) groups excluding carboxylic acids is 5. The Morgan fingerprint density at radius 1 is 0.930 bits per heavy atom. The Hall–Kier alpha value is -3.49. The van der Waals surface area contributed by atoms with Crippen molar-refractivity contribution in [3.05, 3.63) is 44.6 Å². The van der Waals surface area contributed by atoms with Crippen molar-refractivity contribution in [2.45, 2.75) is 53.0 Å². The molecule has 0 radical (unpaired) electrons. The Morgan fingerprint density at radius 3 is 2.40 bits per heavy atom. The molecule has 1 N–H and O–H groups in total. The Labute approximate surface area is 260 Å². The molecular weight excluding hydrogens is 615 g/mol. The monoisotopic (exact) mass is 647 g/mol. The average molecular weight is 648 g/mol. The quantitative estimate of drug-likeness (QED) is 0.224. The van der Waals surface area contributed by atoms with Gasteiger partial charge in [0.05, 0.1) is 52.7 Å². The maximum Gasteiger partial charge on any atom is 0.341 e. The summed E-state index contributed by atoms with van der Waals surface area (Å²) in [6, 6.07) is 4.90. The number of ether oxygens (including phenoxy) is 3. The first-order valence-electron chi connectivity index (χ1n) is 14.0. The molecule has 0 saturated carbocycles. The van der Waals surface area contributed by atoms with Crippen LogP contribution in [0.5, 0.6) is 0 Å². The van der Waals surface area contributed by atoms with Gasteiger partial charge in [0.2, 0.25) is 5.91 Å². The topological polar surface area (TPSA) is 142 Å². The lowest BCUT2D eigenvalue weighted by molar-refractivity contribution is -0.143. The molecule has 230 valence electrons. The van der Waals surface area contributed by atoms with E-state index in [4.69, 9.17) is 14.2 Å². The molecule has 1 aliphatic carbocycles. The number of anilines is 1. The number of fused-ring (bicyclic) bond motifs is 2. The van der Waals surface area contributed by atoms with Gasteiger partial charge in [-0.05, 0) is 70.2 Å². The molecule has 2 heterocycles. The van der Waals surface area contributed by atoms with Gasteiger partial charge < -0.3 is 24.1 Å². The number of aromatic nitrogens is 1. The lowest BCUT2D eigenvalue weighted by Gasteiger charge is -2.12. The number of carbonyl (C=O) groups is 5. The van der Waals surface area contributed by atoms with Crippen LogP contribution in [0.4, 0.5) is 5.00 Å². The number of esters is 3. The van der Waals surface area contributed by atoms with Gasteiger partial charge in [0.1, 0.15) is 11.5 Å². The maximum absolute atomic E-state index is 12.8. The predicted octanol–water partition coefficient (Wildman–Crippen LogP) is 4.36. The molecule has 1 aliphatic rings. The van der Waals surface area contributed by atoms with Crippen LogP contribution in [0, 0.1) is 0 Å². The van der Waals surface area contributed by atoms with Crippen molar-refractivity contribution in [3.63, 3.8) is 0 Å². The highest BCUT2D eigenvalue weighted by Crippen LogP contribution is 2.38. The van der Waals surface area contributed by atoms with Gasteiger partial charge in [0, 0.05) is 4.88 Å². The molecule has 2 amide bonds. The van der Waals surface area contributed by atoms with E-state index in [9.17, 15) is 24.0 Å². The van der Waals surface area contributed by atoms with E-state index in [1.54, 1.807) is 43.5 Å². The zero-order valence-corrected chi connectivity index (χ0v) is 26.6. The molecule has 3 aromatic rings. The fraction of sp³-hybridized carbons (Fsp3) is 0.448. The highest BCUT2D eigenvalue weighted by molar-refractivity contribution is 8.00. The third kappa shape index (κ3) is 8.12. The number of rotatable bonds is 12. The zero-order chi connectivity index (χ0) is 30.9. The molecule has 0 saturated heterocycles. The van der Waals surface area contributed by atoms with Gasteiger partial charge in [-0.2, -0.15) is 4.99 Å². The van der Waals surface area contributed by atoms with Gasteiger partial charge in [-0.15, -0.1) is 23.1 Å². The summed E-state index contributed by atoms with van der Waals surface area (Å²) in [6.07, 6.45) is 3.66. The highest BCUT2D eigenvalue weighted by atomic mass is 32.2. The summed E-state index contributed by atoms with van der Waals surface area (Å²) in [6.45, 7) is 5.67. The van der Waals surface area contributed by atoms with E-state index in [0.717, 1.165) is 59.2 Å². The second kappa shape index (κ2) is 15.3. The van der Waals surface area contributed by atoms with Gasteiger partial charge in [0.15, 0.2) is 4.80 Å². The van der Waals surface area contributed by atoms with Crippen molar-refractivity contribution < 1.29 is 38.2 Å². The van der Waals surface area contributed by atoms with E-state index < -0.39 is 23.8 Å². The van der Waals surface area contributed by atoms with E-state index in [2.05, 4.69) is 10.3 Å². The van der Waals surface area contributed by atoms with Crippen molar-refractivity contribution in [1.82, 2.24) is 4.57 Å². The molecule has 14 heteroatoms. The van der Waals surface area contributed by atoms with E-state index >= 15 is 0 Å². The third-order valence-electron chi connectivity index (χ3n) is 6.37. The first-order valence-corrected chi connectivity index (χ1v) is 16.8. The molecule has 1 aromatic carbocycles. The van der Waals surface area contributed by atoms with E-state index in [-0.39, 0.29) is 48.6 Å². The van der Waals surface area contributed by atoms with E-state index in [0.29, 0.717) is 26.3 Å². The number of thiophene rings is 1. The van der Waals surface area contributed by atoms with Crippen molar-refractivity contribution in [1.29, 1.82) is 0 Å². The molecular formula is C29H33N3O8S3. The fourth-order valence-corrected chi connectivity index (χ4v) is 7.57. The number of nitrogens with zero attached hydrogens (tertiary/aromatic N) is 2. The van der Waals surface area contributed by atoms with Crippen molar-refractivity contribution in [2.75, 3.05) is 36.6 Å². The van der Waals surface area contributed by atoms with Crippen LogP contribution in [0.1, 0.15) is 64.8 Å². The average Bonchev–Trinajstić information content (AvgIpc) is 3.50. The second-order valence-electron chi connectivity index (χ2n) is 9.36. The van der Waals surface area contributed by atoms with E-state index in [1.807, 2.05) is 0 Å². The van der Waals surface area contributed by atoms with Gasteiger partial charge in [-0.3, -0.25) is 14.4 Å². The smallest absolute Gasteiger partial charge is 0.341 e. The zero-order valence-electron chi connectivity index (χ0n) is 24.2. The standard InChI is InChI=1S/C29H33N3O8S3/c1-4-38-24(35)14-32-19-12-11-17(27(36)39-5-2)13-21(19)43-29(32)31-23(34)16-41-15-22(33)30-26-25(28(37)40-6-3)18-9-7-8-10-20(18)42-26/h11-13H,4-10,14-16H2,1-3H3,(H,30,33). The van der Waals surface area contributed by atoms with Crippen LogP contribution >= 0.6 is 34.4 Å². The molecule has 0 bridgehead atoms. The lowest BCUT2D eigenvalue weighted by atomic mass is 9.95. The van der Waals surface area contributed by atoms with E-state index in [1.165, 1.54) is 11.3 Å². The second-order valence-corrected chi connectivity index (χ2v) is 12.5. The summed E-state index contributed by atoms with van der Waals surface area (Å²) in [5, 5.41) is 3.32. The Kier molecular flexibility index (Phi) is 11.5. The normalized spacial score (nSPS) is 13.0. The summed E-state index contributed by atoms with van der Waals surface area (Å²) in [4.78, 5) is 68.3. The van der Waals surface area contributed by atoms with Gasteiger partial charge in [0.25, 0.3) is 5.91 Å². The third-order valence-corrected chi connectivity index (χ3v) is 9.54. The van der Waals surface area contributed by atoms with Crippen LogP contribution in [0.25, 0.3) is 10.2 Å². The van der Waals surface area contributed by atoms with Gasteiger partial charge >= 0.3 is 17.9 Å². The van der Waals surface area contributed by atoms with Crippen molar-refractivity contribution >= 4 is 79.4 Å². The van der Waals surface area contributed by atoms with Gasteiger partial charge in [-0.25, -0.2) is 9.59 Å². The maximum atomic E-state index is 12.8. The van der Waals surface area contributed by atoms with Crippen LogP contribution in [-0.2, 0) is 48.0 Å². The molecule has 0 unspecified atom stereocenters. The first-order chi connectivity index (χ1) is 20.7. The molecule has 0 aliphatic heterocycles. The summed E-state index contributed by atoms with van der Waals surface area (Å²) in [5.41, 5.74) is 2.35. The number of hydrogen-bond acceptors (Lipinski definition) is 11. The minimum Gasteiger partial charge on any atom is -0.465 e. The van der Waals surface area contributed by atoms with Crippen LogP contribution < -0.4 is 10.1 Å². The fourth-order valence-electron chi connectivity index (χ4n) is 4.59. The molecule has 0 atom stereocenters. The Morgan fingerprint density at radius 2 is 1.65 bits per heavy atom. The lowest BCUT2D eigenvalue weighted by Crippen LogP contribution is -2.23. The summed E-state index contributed by atoms with van der Waals surface area (Å²) in [5.74, 6) is -2.35. The largest absolute Gasteiger partial charge is 0.465 e. The number of benzene rings is 1. The molecule has 4 rings (SSSR count). The first kappa shape index (κ1) is 32.4. The summed E-state index contributed by atoms with van der Waals surface area (Å²) >= 11 is 3.65. The molecule has 0 spiro atoms. The van der Waals surface area contributed by atoms with Gasteiger partial charge in [-0.1, -0.05) is 11.3 Å². The minimum atomic E-state index is -0.494. The number of amides is 2. The van der Waals surface area contributed by atoms with Crippen molar-refractivity contribution in [3.8, 4) is 0 Å². The Bertz CT molecular complexity index is 1600. The summed E-state index contributed by atoms with van der Waals surface area (Å²) < 4.78 is 17.6.